The fourth-order valence-electron chi connectivity index (χ4n) is 3.35. The lowest BCUT2D eigenvalue weighted by Gasteiger charge is -2.22. The molecule has 0 bridgehead atoms. The van der Waals surface area contributed by atoms with Crippen LogP contribution in [0.1, 0.15) is 54.5 Å². The van der Waals surface area contributed by atoms with Crippen LogP contribution in [-0.2, 0) is 6.42 Å². The van der Waals surface area contributed by atoms with Crippen molar-refractivity contribution in [2.75, 3.05) is 0 Å². The SMILES string of the molecule is Cc1cc(C)cc(Cc2cc(=O)[nH]c(OC3CCCCC3)n2)c1. The quantitative estimate of drug-likeness (QED) is 0.936. The number of nitrogens with zero attached hydrogens (tertiary/aromatic N) is 1. The maximum Gasteiger partial charge on any atom is 0.296 e. The van der Waals surface area contributed by atoms with E-state index in [0.717, 1.165) is 18.5 Å². The lowest BCUT2D eigenvalue weighted by molar-refractivity contribution is 0.141. The second-order valence-corrected chi connectivity index (χ2v) is 6.59. The Morgan fingerprint density at radius 3 is 2.48 bits per heavy atom. The van der Waals surface area contributed by atoms with E-state index < -0.39 is 0 Å². The molecule has 1 N–H and O–H groups in total. The molecule has 0 spiro atoms. The Morgan fingerprint density at radius 2 is 1.78 bits per heavy atom. The Kier molecular flexibility index (Phi) is 4.79. The minimum absolute atomic E-state index is 0.148. The Bertz CT molecular complexity index is 710. The largest absolute Gasteiger partial charge is 0.461 e. The summed E-state index contributed by atoms with van der Waals surface area (Å²) in [5, 5.41) is 0. The molecule has 23 heavy (non-hydrogen) atoms. The molecule has 1 aromatic heterocycles. The van der Waals surface area contributed by atoms with E-state index in [0.29, 0.717) is 12.4 Å². The second kappa shape index (κ2) is 6.99. The van der Waals surface area contributed by atoms with Crippen LogP contribution >= 0.6 is 0 Å². The summed E-state index contributed by atoms with van der Waals surface area (Å²) < 4.78 is 5.90. The van der Waals surface area contributed by atoms with Crippen LogP contribution in [0.5, 0.6) is 6.01 Å². The van der Waals surface area contributed by atoms with E-state index in [-0.39, 0.29) is 11.7 Å². The van der Waals surface area contributed by atoms with E-state index in [4.69, 9.17) is 4.74 Å². The summed E-state index contributed by atoms with van der Waals surface area (Å²) in [6.45, 7) is 4.17. The van der Waals surface area contributed by atoms with Gasteiger partial charge >= 0.3 is 0 Å². The fourth-order valence-corrected chi connectivity index (χ4v) is 3.35. The summed E-state index contributed by atoms with van der Waals surface area (Å²) in [6.07, 6.45) is 6.58. The molecular formula is C19H24N2O2. The normalized spacial score (nSPS) is 15.6. The highest BCUT2D eigenvalue weighted by atomic mass is 16.5. The van der Waals surface area contributed by atoms with Crippen LogP contribution in [0.3, 0.4) is 0 Å². The highest BCUT2D eigenvalue weighted by Gasteiger charge is 2.16. The highest BCUT2D eigenvalue weighted by Crippen LogP contribution is 2.21. The zero-order valence-corrected chi connectivity index (χ0v) is 13.9. The molecule has 1 aliphatic rings. The number of rotatable bonds is 4. The molecule has 1 saturated carbocycles. The first-order valence-electron chi connectivity index (χ1n) is 8.42. The molecule has 0 radical (unpaired) electrons. The number of aryl methyl sites for hydroxylation is 2. The van der Waals surface area contributed by atoms with Crippen molar-refractivity contribution in [2.45, 2.75) is 58.5 Å². The smallest absolute Gasteiger partial charge is 0.296 e. The molecule has 1 fully saturated rings. The second-order valence-electron chi connectivity index (χ2n) is 6.59. The number of benzene rings is 1. The minimum atomic E-state index is -0.148. The predicted molar refractivity (Wildman–Crippen MR) is 91.1 cm³/mol. The molecule has 4 heteroatoms. The maximum absolute atomic E-state index is 11.9. The van der Waals surface area contributed by atoms with Gasteiger partial charge in [0.05, 0.1) is 5.69 Å². The van der Waals surface area contributed by atoms with Crippen molar-refractivity contribution >= 4 is 0 Å². The third kappa shape index (κ3) is 4.44. The molecular weight excluding hydrogens is 288 g/mol. The summed E-state index contributed by atoms with van der Waals surface area (Å²) in [7, 11) is 0. The molecule has 0 atom stereocenters. The summed E-state index contributed by atoms with van der Waals surface area (Å²) in [5.41, 5.74) is 4.23. The molecule has 0 unspecified atom stereocenters. The van der Waals surface area contributed by atoms with Gasteiger partial charge in [-0.1, -0.05) is 35.7 Å². The zero-order chi connectivity index (χ0) is 16.2. The van der Waals surface area contributed by atoms with Gasteiger partial charge in [0.25, 0.3) is 11.6 Å². The van der Waals surface area contributed by atoms with Crippen molar-refractivity contribution in [3.8, 4) is 6.01 Å². The van der Waals surface area contributed by atoms with Crippen LogP contribution in [0.25, 0.3) is 0 Å². The van der Waals surface area contributed by atoms with Crippen molar-refractivity contribution < 1.29 is 4.74 Å². The summed E-state index contributed by atoms with van der Waals surface area (Å²) in [5.74, 6) is 0. The van der Waals surface area contributed by atoms with Gasteiger partial charge in [-0.25, -0.2) is 4.98 Å². The molecule has 0 amide bonds. The number of aromatic nitrogens is 2. The number of hydrogen-bond acceptors (Lipinski definition) is 3. The molecule has 0 saturated heterocycles. The van der Waals surface area contributed by atoms with E-state index in [2.05, 4.69) is 42.0 Å². The monoisotopic (exact) mass is 312 g/mol. The molecule has 3 rings (SSSR count). The van der Waals surface area contributed by atoms with Gasteiger partial charge in [-0.05, 0) is 45.1 Å². The van der Waals surface area contributed by atoms with Crippen molar-refractivity contribution in [1.82, 2.24) is 9.97 Å². The number of H-pyrrole nitrogens is 1. The molecule has 4 nitrogen and oxygen atoms in total. The van der Waals surface area contributed by atoms with E-state index in [9.17, 15) is 4.79 Å². The van der Waals surface area contributed by atoms with Crippen molar-refractivity contribution in [3.05, 3.63) is 57.0 Å². The van der Waals surface area contributed by atoms with Crippen LogP contribution in [0.4, 0.5) is 0 Å². The van der Waals surface area contributed by atoms with Crippen LogP contribution in [0.15, 0.2) is 29.1 Å². The third-order valence-electron chi connectivity index (χ3n) is 4.27. The van der Waals surface area contributed by atoms with Crippen LogP contribution < -0.4 is 10.3 Å². The Hall–Kier alpha value is -2.10. The zero-order valence-electron chi connectivity index (χ0n) is 13.9. The van der Waals surface area contributed by atoms with Crippen molar-refractivity contribution in [2.24, 2.45) is 0 Å². The molecule has 0 aliphatic heterocycles. The van der Waals surface area contributed by atoms with Gasteiger partial charge in [0.2, 0.25) is 0 Å². The molecule has 1 aliphatic carbocycles. The maximum atomic E-state index is 11.9. The Morgan fingerprint density at radius 1 is 1.09 bits per heavy atom. The van der Waals surface area contributed by atoms with E-state index >= 15 is 0 Å². The lowest BCUT2D eigenvalue weighted by atomic mass is 9.98. The highest BCUT2D eigenvalue weighted by molar-refractivity contribution is 5.31. The molecule has 1 heterocycles. The molecule has 122 valence electrons. The number of hydrogen-bond donors (Lipinski definition) is 1. The van der Waals surface area contributed by atoms with Gasteiger partial charge in [-0.2, -0.15) is 0 Å². The van der Waals surface area contributed by atoms with Gasteiger partial charge in [0, 0.05) is 12.5 Å². The van der Waals surface area contributed by atoms with Gasteiger partial charge in [0.1, 0.15) is 6.10 Å². The van der Waals surface area contributed by atoms with Gasteiger partial charge in [-0.15, -0.1) is 0 Å². The first-order chi connectivity index (χ1) is 11.1. The number of ether oxygens (including phenoxy) is 1. The van der Waals surface area contributed by atoms with Gasteiger partial charge in [0.15, 0.2) is 0 Å². The van der Waals surface area contributed by atoms with E-state index in [1.807, 2.05) is 0 Å². The Balaban J connectivity index is 1.78. The summed E-state index contributed by atoms with van der Waals surface area (Å²) in [4.78, 5) is 19.1. The summed E-state index contributed by atoms with van der Waals surface area (Å²) >= 11 is 0. The first-order valence-corrected chi connectivity index (χ1v) is 8.42. The number of nitrogens with one attached hydrogen (secondary N) is 1. The number of aromatic amines is 1. The fraction of sp³-hybridized carbons (Fsp3) is 0.474. The average Bonchev–Trinajstić information content (AvgIpc) is 2.46. The van der Waals surface area contributed by atoms with E-state index in [1.54, 1.807) is 6.07 Å². The van der Waals surface area contributed by atoms with Crippen molar-refractivity contribution in [3.63, 3.8) is 0 Å². The molecule has 1 aromatic carbocycles. The molecule has 2 aromatic rings. The minimum Gasteiger partial charge on any atom is -0.461 e. The van der Waals surface area contributed by atoms with Gasteiger partial charge < -0.3 is 4.74 Å². The summed E-state index contributed by atoms with van der Waals surface area (Å²) in [6, 6.07) is 8.34. The topological polar surface area (TPSA) is 55.0 Å². The standard InChI is InChI=1S/C19H24N2O2/c1-13-8-14(2)10-15(9-13)11-16-12-18(22)21-19(20-16)23-17-6-4-3-5-7-17/h8-10,12,17H,3-7,11H2,1-2H3,(H,20,21,22). The Labute approximate surface area is 136 Å². The van der Waals surface area contributed by atoms with Gasteiger partial charge in [-0.3, -0.25) is 9.78 Å². The first kappa shape index (κ1) is 15.8. The van der Waals surface area contributed by atoms with Crippen LogP contribution in [0, 0.1) is 13.8 Å². The van der Waals surface area contributed by atoms with Crippen molar-refractivity contribution in [1.29, 1.82) is 0 Å². The average molecular weight is 312 g/mol. The van der Waals surface area contributed by atoms with E-state index in [1.165, 1.54) is 36.0 Å². The predicted octanol–water partition coefficient (Wildman–Crippen LogP) is 3.69. The van der Waals surface area contributed by atoms with Crippen LogP contribution in [0.2, 0.25) is 0 Å². The van der Waals surface area contributed by atoms with Crippen LogP contribution in [-0.4, -0.2) is 16.1 Å². The third-order valence-corrected chi connectivity index (χ3v) is 4.27. The lowest BCUT2D eigenvalue weighted by Crippen LogP contribution is -2.22.